The predicted octanol–water partition coefficient (Wildman–Crippen LogP) is 1.03. The minimum absolute atomic E-state index is 0.0265. The maximum atomic E-state index is 11.5. The lowest BCUT2D eigenvalue weighted by Crippen LogP contribution is -2.20. The summed E-state index contributed by atoms with van der Waals surface area (Å²) < 4.78 is 6.74. The quantitative estimate of drug-likeness (QED) is 0.869. The van der Waals surface area contributed by atoms with Crippen LogP contribution in [0.1, 0.15) is 13.8 Å². The van der Waals surface area contributed by atoms with Gasteiger partial charge in [-0.05, 0) is 26.0 Å². The zero-order valence-electron chi connectivity index (χ0n) is 10.8. The van der Waals surface area contributed by atoms with Gasteiger partial charge in [0.1, 0.15) is 19.3 Å². The second kappa shape index (κ2) is 6.05. The largest absolute Gasteiger partial charge is 0.369 e. The van der Waals surface area contributed by atoms with Crippen LogP contribution >= 0.6 is 0 Å². The fraction of sp³-hybridized carbons (Fsp3) is 0.333. The van der Waals surface area contributed by atoms with Crippen molar-refractivity contribution in [2.75, 3.05) is 11.9 Å². The van der Waals surface area contributed by atoms with Crippen LogP contribution in [0.2, 0.25) is 0 Å². The summed E-state index contributed by atoms with van der Waals surface area (Å²) in [6.07, 6.45) is 4.57. The Balaban J connectivity index is 1.94. The molecule has 0 atom stereocenters. The molecule has 0 radical (unpaired) electrons. The molecule has 2 aromatic heterocycles. The lowest BCUT2D eigenvalue weighted by molar-refractivity contribution is -0.121. The number of aromatic nitrogens is 4. The average Bonchev–Trinajstić information content (AvgIpc) is 2.91. The SMILES string of the molecule is CC(C)OCC(=O)Nc1ccc(-n2cncn2)nc1. The second-order valence-corrected chi connectivity index (χ2v) is 4.15. The number of ether oxygens (including phenoxy) is 1. The van der Waals surface area contributed by atoms with Crippen LogP contribution in [0.3, 0.4) is 0 Å². The minimum atomic E-state index is -0.205. The Morgan fingerprint density at radius 3 is 2.89 bits per heavy atom. The molecule has 19 heavy (non-hydrogen) atoms. The number of nitrogens with one attached hydrogen (secondary N) is 1. The highest BCUT2D eigenvalue weighted by Crippen LogP contribution is 2.08. The van der Waals surface area contributed by atoms with Gasteiger partial charge in [-0.1, -0.05) is 0 Å². The molecule has 2 aromatic rings. The molecule has 2 heterocycles. The Morgan fingerprint density at radius 2 is 2.32 bits per heavy atom. The van der Waals surface area contributed by atoms with Crippen LogP contribution in [0, 0.1) is 0 Å². The van der Waals surface area contributed by atoms with Gasteiger partial charge in [-0.25, -0.2) is 14.6 Å². The molecule has 0 aromatic carbocycles. The van der Waals surface area contributed by atoms with Gasteiger partial charge in [0.2, 0.25) is 5.91 Å². The van der Waals surface area contributed by atoms with E-state index in [1.54, 1.807) is 24.7 Å². The van der Waals surface area contributed by atoms with E-state index in [4.69, 9.17) is 4.74 Å². The molecule has 7 nitrogen and oxygen atoms in total. The van der Waals surface area contributed by atoms with E-state index in [-0.39, 0.29) is 18.6 Å². The van der Waals surface area contributed by atoms with Crippen LogP contribution in [-0.4, -0.2) is 38.4 Å². The van der Waals surface area contributed by atoms with Crippen molar-refractivity contribution in [2.45, 2.75) is 20.0 Å². The zero-order chi connectivity index (χ0) is 13.7. The lowest BCUT2D eigenvalue weighted by Gasteiger charge is -2.08. The maximum absolute atomic E-state index is 11.5. The van der Waals surface area contributed by atoms with Crippen molar-refractivity contribution in [1.82, 2.24) is 19.7 Å². The van der Waals surface area contributed by atoms with E-state index in [0.717, 1.165) is 0 Å². The Hall–Kier alpha value is -2.28. The van der Waals surface area contributed by atoms with E-state index in [0.29, 0.717) is 11.5 Å². The van der Waals surface area contributed by atoms with Crippen molar-refractivity contribution in [1.29, 1.82) is 0 Å². The fourth-order valence-electron chi connectivity index (χ4n) is 1.36. The first-order chi connectivity index (χ1) is 9.15. The highest BCUT2D eigenvalue weighted by Gasteiger charge is 2.05. The Morgan fingerprint density at radius 1 is 1.47 bits per heavy atom. The first kappa shape index (κ1) is 13.2. The molecule has 0 aliphatic heterocycles. The monoisotopic (exact) mass is 261 g/mol. The number of amides is 1. The van der Waals surface area contributed by atoms with Crippen LogP contribution in [0.15, 0.2) is 31.0 Å². The molecule has 2 rings (SSSR count). The first-order valence-electron chi connectivity index (χ1n) is 5.87. The summed E-state index contributed by atoms with van der Waals surface area (Å²) in [7, 11) is 0. The molecular formula is C12H15N5O2. The average molecular weight is 261 g/mol. The third-order valence-corrected chi connectivity index (χ3v) is 2.23. The van der Waals surface area contributed by atoms with Crippen LogP contribution in [0.5, 0.6) is 0 Å². The molecule has 1 amide bonds. The molecule has 7 heteroatoms. The number of pyridine rings is 1. The molecule has 0 aliphatic rings. The van der Waals surface area contributed by atoms with Gasteiger partial charge in [0.15, 0.2) is 5.82 Å². The summed E-state index contributed by atoms with van der Waals surface area (Å²) in [4.78, 5) is 19.5. The normalized spacial score (nSPS) is 10.7. The van der Waals surface area contributed by atoms with Gasteiger partial charge in [-0.2, -0.15) is 5.10 Å². The van der Waals surface area contributed by atoms with Crippen molar-refractivity contribution in [3.05, 3.63) is 31.0 Å². The van der Waals surface area contributed by atoms with Crippen molar-refractivity contribution < 1.29 is 9.53 Å². The standard InChI is InChI=1S/C12H15N5O2/c1-9(2)19-6-12(18)16-10-3-4-11(14-5-10)17-8-13-7-15-17/h3-5,7-9H,6H2,1-2H3,(H,16,18). The van der Waals surface area contributed by atoms with Crippen molar-refractivity contribution >= 4 is 11.6 Å². The van der Waals surface area contributed by atoms with E-state index >= 15 is 0 Å². The van der Waals surface area contributed by atoms with Gasteiger partial charge in [0.05, 0.1) is 18.0 Å². The molecule has 1 N–H and O–H groups in total. The van der Waals surface area contributed by atoms with Crippen LogP contribution in [0.4, 0.5) is 5.69 Å². The third-order valence-electron chi connectivity index (χ3n) is 2.23. The van der Waals surface area contributed by atoms with Gasteiger partial charge >= 0.3 is 0 Å². The molecular weight excluding hydrogens is 246 g/mol. The van der Waals surface area contributed by atoms with Crippen LogP contribution in [-0.2, 0) is 9.53 Å². The number of nitrogens with zero attached hydrogens (tertiary/aromatic N) is 4. The van der Waals surface area contributed by atoms with Gasteiger partial charge in [0, 0.05) is 0 Å². The second-order valence-electron chi connectivity index (χ2n) is 4.15. The number of carbonyl (C=O) groups excluding carboxylic acids is 1. The van der Waals surface area contributed by atoms with Crippen LogP contribution < -0.4 is 5.32 Å². The Labute approximate surface area is 110 Å². The van der Waals surface area contributed by atoms with Crippen molar-refractivity contribution in [2.24, 2.45) is 0 Å². The molecule has 0 fully saturated rings. The highest BCUT2D eigenvalue weighted by atomic mass is 16.5. The number of hydrogen-bond donors (Lipinski definition) is 1. The van der Waals surface area contributed by atoms with E-state index in [9.17, 15) is 4.79 Å². The molecule has 0 spiro atoms. The number of hydrogen-bond acceptors (Lipinski definition) is 5. The van der Waals surface area contributed by atoms with Gasteiger partial charge < -0.3 is 10.1 Å². The molecule has 0 saturated heterocycles. The third kappa shape index (κ3) is 3.85. The number of carbonyl (C=O) groups is 1. The predicted molar refractivity (Wildman–Crippen MR) is 68.9 cm³/mol. The highest BCUT2D eigenvalue weighted by molar-refractivity contribution is 5.91. The summed E-state index contributed by atoms with van der Waals surface area (Å²) in [5, 5.41) is 6.66. The molecule has 100 valence electrons. The van der Waals surface area contributed by atoms with E-state index in [1.165, 1.54) is 11.0 Å². The van der Waals surface area contributed by atoms with Gasteiger partial charge in [0.25, 0.3) is 0 Å². The minimum Gasteiger partial charge on any atom is -0.369 e. The fourth-order valence-corrected chi connectivity index (χ4v) is 1.36. The number of anilines is 1. The zero-order valence-corrected chi connectivity index (χ0v) is 10.8. The van der Waals surface area contributed by atoms with E-state index < -0.39 is 0 Å². The summed E-state index contributed by atoms with van der Waals surface area (Å²) >= 11 is 0. The van der Waals surface area contributed by atoms with Gasteiger partial charge in [-0.15, -0.1) is 0 Å². The van der Waals surface area contributed by atoms with E-state index in [2.05, 4.69) is 20.4 Å². The van der Waals surface area contributed by atoms with Crippen molar-refractivity contribution in [3.63, 3.8) is 0 Å². The Bertz CT molecular complexity index is 522. The molecule has 0 unspecified atom stereocenters. The molecule has 0 bridgehead atoms. The topological polar surface area (TPSA) is 81.9 Å². The maximum Gasteiger partial charge on any atom is 0.250 e. The summed E-state index contributed by atoms with van der Waals surface area (Å²) in [5.74, 6) is 0.429. The first-order valence-corrected chi connectivity index (χ1v) is 5.87. The summed E-state index contributed by atoms with van der Waals surface area (Å²) in [5.41, 5.74) is 0.612. The lowest BCUT2D eigenvalue weighted by atomic mass is 10.4. The summed E-state index contributed by atoms with van der Waals surface area (Å²) in [6.45, 7) is 3.78. The Kier molecular flexibility index (Phi) is 4.19. The van der Waals surface area contributed by atoms with E-state index in [1.807, 2.05) is 13.8 Å². The molecule has 0 saturated carbocycles. The van der Waals surface area contributed by atoms with Crippen molar-refractivity contribution in [3.8, 4) is 5.82 Å². The van der Waals surface area contributed by atoms with Crippen LogP contribution in [0.25, 0.3) is 5.82 Å². The van der Waals surface area contributed by atoms with Gasteiger partial charge in [-0.3, -0.25) is 4.79 Å². The smallest absolute Gasteiger partial charge is 0.250 e. The molecule has 0 aliphatic carbocycles. The number of rotatable bonds is 5. The summed E-state index contributed by atoms with van der Waals surface area (Å²) in [6, 6.07) is 3.49.